The first-order chi connectivity index (χ1) is 15.3. The standard InChI is InChI=1S/C23H29N3O5S/c1-7-24-19(27)10-16-12-32-23-25-14(4)20(22(28)31-13(2)3)21(26(16)23)15-8-17(29-5)11-18(9-15)30-6/h8-9,11-13,21H,7,10H2,1-6H3,(H,24,27). The van der Waals surface area contributed by atoms with Crippen molar-refractivity contribution < 1.29 is 23.8 Å². The number of nitrogens with zero attached hydrogens (tertiary/aromatic N) is 2. The number of rotatable bonds is 8. The Labute approximate surface area is 192 Å². The molecule has 2 aliphatic rings. The van der Waals surface area contributed by atoms with E-state index in [4.69, 9.17) is 14.2 Å². The van der Waals surface area contributed by atoms with Gasteiger partial charge in [0.05, 0.1) is 44.1 Å². The molecule has 1 atom stereocenters. The third kappa shape index (κ3) is 4.93. The first kappa shape index (κ1) is 23.7. The van der Waals surface area contributed by atoms with E-state index in [-0.39, 0.29) is 18.4 Å². The van der Waals surface area contributed by atoms with E-state index < -0.39 is 12.0 Å². The fourth-order valence-corrected chi connectivity index (χ4v) is 4.60. The van der Waals surface area contributed by atoms with E-state index >= 15 is 0 Å². The molecule has 1 N–H and O–H groups in total. The Morgan fingerprint density at radius 2 is 1.84 bits per heavy atom. The molecule has 3 rings (SSSR count). The molecule has 0 radical (unpaired) electrons. The molecule has 1 amide bonds. The maximum absolute atomic E-state index is 13.2. The molecule has 2 aliphatic heterocycles. The second-order valence-corrected chi connectivity index (χ2v) is 8.46. The highest BCUT2D eigenvalue weighted by atomic mass is 32.2. The lowest BCUT2D eigenvalue weighted by molar-refractivity contribution is -0.143. The molecule has 0 saturated heterocycles. The molecule has 0 fully saturated rings. The van der Waals surface area contributed by atoms with Crippen molar-refractivity contribution in [1.29, 1.82) is 0 Å². The van der Waals surface area contributed by atoms with Crippen molar-refractivity contribution in [2.75, 3.05) is 20.8 Å². The van der Waals surface area contributed by atoms with E-state index in [1.807, 2.05) is 29.4 Å². The molecule has 9 heteroatoms. The van der Waals surface area contributed by atoms with Gasteiger partial charge in [0.2, 0.25) is 5.91 Å². The van der Waals surface area contributed by atoms with E-state index in [9.17, 15) is 9.59 Å². The van der Waals surface area contributed by atoms with Crippen LogP contribution in [-0.4, -0.2) is 48.8 Å². The van der Waals surface area contributed by atoms with Crippen LogP contribution in [0.1, 0.15) is 45.7 Å². The summed E-state index contributed by atoms with van der Waals surface area (Å²) in [4.78, 5) is 32.1. The summed E-state index contributed by atoms with van der Waals surface area (Å²) in [6, 6.07) is 4.94. The lowest BCUT2D eigenvalue weighted by Crippen LogP contribution is -2.38. The number of hydrogen-bond donors (Lipinski definition) is 1. The van der Waals surface area contributed by atoms with Crippen LogP contribution in [0.3, 0.4) is 0 Å². The van der Waals surface area contributed by atoms with Gasteiger partial charge in [-0.15, -0.1) is 0 Å². The molecule has 2 heterocycles. The number of amidine groups is 1. The smallest absolute Gasteiger partial charge is 0.338 e. The second-order valence-electron chi connectivity index (χ2n) is 7.62. The zero-order chi connectivity index (χ0) is 23.4. The van der Waals surface area contributed by atoms with E-state index in [0.29, 0.717) is 34.5 Å². The van der Waals surface area contributed by atoms with Crippen molar-refractivity contribution >= 4 is 28.8 Å². The molecule has 1 aromatic rings. The lowest BCUT2D eigenvalue weighted by atomic mass is 9.93. The summed E-state index contributed by atoms with van der Waals surface area (Å²) in [5.74, 6) is 0.652. The Bertz CT molecular complexity index is 977. The van der Waals surface area contributed by atoms with Gasteiger partial charge in [-0.3, -0.25) is 4.79 Å². The number of aliphatic imine (C=N–C) groups is 1. The second kappa shape index (κ2) is 10.1. The fraction of sp³-hybridized carbons (Fsp3) is 0.435. The molecule has 0 aromatic heterocycles. The number of ether oxygens (including phenoxy) is 3. The SMILES string of the molecule is CCNC(=O)CC1=CSC2=NC(C)=C(C(=O)OC(C)C)C(c3cc(OC)cc(OC)c3)N12. The number of fused-ring (bicyclic) bond motifs is 1. The number of carbonyl (C=O) groups is 2. The van der Waals surface area contributed by atoms with Gasteiger partial charge in [0, 0.05) is 18.3 Å². The van der Waals surface area contributed by atoms with Crippen LogP contribution >= 0.6 is 11.8 Å². The Hall–Kier alpha value is -2.94. The monoisotopic (exact) mass is 459 g/mol. The molecule has 172 valence electrons. The number of thioether (sulfide) groups is 1. The number of esters is 1. The molecule has 0 bridgehead atoms. The van der Waals surface area contributed by atoms with Gasteiger partial charge in [0.25, 0.3) is 0 Å². The number of hydrogen-bond acceptors (Lipinski definition) is 8. The minimum absolute atomic E-state index is 0.0971. The van der Waals surface area contributed by atoms with Crippen LogP contribution in [-0.2, 0) is 14.3 Å². The number of methoxy groups -OCH3 is 2. The van der Waals surface area contributed by atoms with Gasteiger partial charge in [0.15, 0.2) is 5.17 Å². The maximum atomic E-state index is 13.2. The van der Waals surface area contributed by atoms with Crippen molar-refractivity contribution in [1.82, 2.24) is 10.2 Å². The van der Waals surface area contributed by atoms with Crippen LogP contribution in [0, 0.1) is 0 Å². The third-order valence-corrected chi connectivity index (χ3v) is 5.86. The largest absolute Gasteiger partial charge is 0.497 e. The summed E-state index contributed by atoms with van der Waals surface area (Å²) in [7, 11) is 3.15. The average Bonchev–Trinajstić information content (AvgIpc) is 3.13. The highest BCUT2D eigenvalue weighted by Crippen LogP contribution is 2.46. The van der Waals surface area contributed by atoms with E-state index in [1.54, 1.807) is 41.1 Å². The molecule has 8 nitrogen and oxygen atoms in total. The number of benzene rings is 1. The van der Waals surface area contributed by atoms with Crippen molar-refractivity contribution in [2.24, 2.45) is 4.99 Å². The van der Waals surface area contributed by atoms with Gasteiger partial charge < -0.3 is 24.4 Å². The normalized spacial score (nSPS) is 17.6. The van der Waals surface area contributed by atoms with Crippen LogP contribution in [0.2, 0.25) is 0 Å². The van der Waals surface area contributed by atoms with E-state index in [1.165, 1.54) is 11.8 Å². The Morgan fingerprint density at radius 1 is 1.19 bits per heavy atom. The number of carbonyl (C=O) groups excluding carboxylic acids is 2. The molecule has 0 aliphatic carbocycles. The van der Waals surface area contributed by atoms with Gasteiger partial charge in [-0.05, 0) is 50.8 Å². The summed E-state index contributed by atoms with van der Waals surface area (Å²) >= 11 is 1.43. The Kier molecular flexibility index (Phi) is 7.50. The first-order valence-corrected chi connectivity index (χ1v) is 11.3. The van der Waals surface area contributed by atoms with Gasteiger partial charge in [-0.2, -0.15) is 0 Å². The number of nitrogens with one attached hydrogen (secondary N) is 1. The molecular weight excluding hydrogens is 430 g/mol. The van der Waals surface area contributed by atoms with Crippen LogP contribution < -0.4 is 14.8 Å². The number of allylic oxidation sites excluding steroid dienone is 1. The number of amides is 1. The lowest BCUT2D eigenvalue weighted by Gasteiger charge is -2.36. The average molecular weight is 460 g/mol. The molecule has 1 aromatic carbocycles. The van der Waals surface area contributed by atoms with Crippen LogP contribution in [0.4, 0.5) is 0 Å². The van der Waals surface area contributed by atoms with Crippen LogP contribution in [0.5, 0.6) is 11.5 Å². The molecular formula is C23H29N3O5S. The Morgan fingerprint density at radius 3 is 2.41 bits per heavy atom. The molecule has 1 unspecified atom stereocenters. The van der Waals surface area contributed by atoms with Gasteiger partial charge in [0.1, 0.15) is 11.5 Å². The summed E-state index contributed by atoms with van der Waals surface area (Å²) < 4.78 is 16.5. The summed E-state index contributed by atoms with van der Waals surface area (Å²) in [5, 5.41) is 5.44. The van der Waals surface area contributed by atoms with Crippen LogP contribution in [0.25, 0.3) is 0 Å². The Balaban J connectivity index is 2.14. The van der Waals surface area contributed by atoms with Crippen molar-refractivity contribution in [3.8, 4) is 11.5 Å². The zero-order valence-corrected chi connectivity index (χ0v) is 20.0. The third-order valence-electron chi connectivity index (χ3n) is 4.97. The predicted molar refractivity (Wildman–Crippen MR) is 124 cm³/mol. The molecule has 32 heavy (non-hydrogen) atoms. The maximum Gasteiger partial charge on any atom is 0.338 e. The topological polar surface area (TPSA) is 89.5 Å². The highest BCUT2D eigenvalue weighted by Gasteiger charge is 2.41. The minimum Gasteiger partial charge on any atom is -0.497 e. The summed E-state index contributed by atoms with van der Waals surface area (Å²) in [6.45, 7) is 7.83. The van der Waals surface area contributed by atoms with E-state index in [2.05, 4.69) is 10.3 Å². The molecule has 0 saturated carbocycles. The van der Waals surface area contributed by atoms with Gasteiger partial charge in [-0.1, -0.05) is 11.8 Å². The van der Waals surface area contributed by atoms with E-state index in [0.717, 1.165) is 11.3 Å². The quantitative estimate of drug-likeness (QED) is 0.592. The molecule has 0 spiro atoms. The fourth-order valence-electron chi connectivity index (χ4n) is 3.64. The van der Waals surface area contributed by atoms with Crippen molar-refractivity contribution in [3.05, 3.63) is 46.1 Å². The minimum atomic E-state index is -0.548. The van der Waals surface area contributed by atoms with Crippen molar-refractivity contribution in [2.45, 2.75) is 46.3 Å². The summed E-state index contributed by atoms with van der Waals surface area (Å²) in [5.41, 5.74) is 2.53. The highest BCUT2D eigenvalue weighted by molar-refractivity contribution is 8.16. The van der Waals surface area contributed by atoms with Crippen molar-refractivity contribution in [3.63, 3.8) is 0 Å². The first-order valence-electron chi connectivity index (χ1n) is 10.4. The van der Waals surface area contributed by atoms with Gasteiger partial charge in [-0.25, -0.2) is 9.79 Å². The summed E-state index contributed by atoms with van der Waals surface area (Å²) in [6.07, 6.45) is -0.116. The van der Waals surface area contributed by atoms with Gasteiger partial charge >= 0.3 is 5.97 Å². The predicted octanol–water partition coefficient (Wildman–Crippen LogP) is 3.76. The van der Waals surface area contributed by atoms with Crippen LogP contribution in [0.15, 0.2) is 45.6 Å². The zero-order valence-electron chi connectivity index (χ0n) is 19.2.